The van der Waals surface area contributed by atoms with Crippen LogP contribution in [-0.2, 0) is 20.8 Å². The molecule has 2 N–H and O–H groups in total. The first-order chi connectivity index (χ1) is 13.1. The van der Waals surface area contributed by atoms with E-state index in [1.165, 1.54) is 10.9 Å². The zero-order valence-electron chi connectivity index (χ0n) is 16.5. The standard InChI is InChI=1S/C20H26BrN3O4/c1-5-27-18(25)16-9-10-23-24(16)12-15(13-7-6-8-14(21)11-13)17(22)19(26)28-20(2,3)4/h6-11,15,17H,5,12,22H2,1-4H3. The third kappa shape index (κ3) is 5.90. The molecule has 0 spiro atoms. The highest BCUT2D eigenvalue weighted by Gasteiger charge is 2.32. The van der Waals surface area contributed by atoms with E-state index < -0.39 is 29.5 Å². The Hall–Kier alpha value is -2.19. The first-order valence-electron chi connectivity index (χ1n) is 9.05. The third-order valence-electron chi connectivity index (χ3n) is 3.96. The Morgan fingerprint density at radius 2 is 2.00 bits per heavy atom. The van der Waals surface area contributed by atoms with Crippen LogP contribution in [0.25, 0.3) is 0 Å². The summed E-state index contributed by atoms with van der Waals surface area (Å²) < 4.78 is 12.9. The number of esters is 2. The zero-order valence-corrected chi connectivity index (χ0v) is 18.1. The van der Waals surface area contributed by atoms with E-state index in [0.717, 1.165) is 10.0 Å². The summed E-state index contributed by atoms with van der Waals surface area (Å²) in [6, 6.07) is 8.17. The lowest BCUT2D eigenvalue weighted by molar-refractivity contribution is -0.157. The minimum atomic E-state index is -0.937. The van der Waals surface area contributed by atoms with Crippen molar-refractivity contribution in [3.05, 3.63) is 52.3 Å². The van der Waals surface area contributed by atoms with E-state index in [1.54, 1.807) is 33.8 Å². The summed E-state index contributed by atoms with van der Waals surface area (Å²) in [5.74, 6) is -1.44. The lowest BCUT2D eigenvalue weighted by Gasteiger charge is -2.27. The lowest BCUT2D eigenvalue weighted by Crippen LogP contribution is -2.43. The van der Waals surface area contributed by atoms with Gasteiger partial charge in [0, 0.05) is 16.6 Å². The summed E-state index contributed by atoms with van der Waals surface area (Å²) in [5.41, 5.74) is 6.79. The summed E-state index contributed by atoms with van der Waals surface area (Å²) in [4.78, 5) is 24.8. The molecular weight excluding hydrogens is 426 g/mol. The van der Waals surface area contributed by atoms with Crippen LogP contribution in [0.4, 0.5) is 0 Å². The quantitative estimate of drug-likeness (QED) is 0.648. The van der Waals surface area contributed by atoms with Crippen molar-refractivity contribution in [1.82, 2.24) is 9.78 Å². The molecular formula is C20H26BrN3O4. The van der Waals surface area contributed by atoms with E-state index in [4.69, 9.17) is 15.2 Å². The average Bonchev–Trinajstić information content (AvgIpc) is 3.06. The number of nitrogens with two attached hydrogens (primary N) is 1. The van der Waals surface area contributed by atoms with Crippen molar-refractivity contribution in [3.8, 4) is 0 Å². The van der Waals surface area contributed by atoms with Crippen LogP contribution in [-0.4, -0.2) is 40.0 Å². The molecule has 0 aliphatic rings. The molecule has 152 valence electrons. The molecule has 0 bridgehead atoms. The number of ether oxygens (including phenoxy) is 2. The second kappa shape index (κ2) is 9.34. The molecule has 28 heavy (non-hydrogen) atoms. The maximum atomic E-state index is 12.6. The van der Waals surface area contributed by atoms with Gasteiger partial charge >= 0.3 is 11.9 Å². The summed E-state index contributed by atoms with van der Waals surface area (Å²) >= 11 is 3.45. The molecule has 1 aromatic heterocycles. The van der Waals surface area contributed by atoms with Crippen LogP contribution in [0.5, 0.6) is 0 Å². The maximum absolute atomic E-state index is 12.6. The van der Waals surface area contributed by atoms with Gasteiger partial charge in [0.15, 0.2) is 0 Å². The van der Waals surface area contributed by atoms with E-state index in [0.29, 0.717) is 5.69 Å². The molecule has 0 fully saturated rings. The Labute approximate surface area is 173 Å². The molecule has 0 radical (unpaired) electrons. The lowest BCUT2D eigenvalue weighted by atomic mass is 9.91. The van der Waals surface area contributed by atoms with Crippen molar-refractivity contribution >= 4 is 27.9 Å². The van der Waals surface area contributed by atoms with Crippen LogP contribution >= 0.6 is 15.9 Å². The van der Waals surface area contributed by atoms with Gasteiger partial charge in [-0.2, -0.15) is 5.10 Å². The van der Waals surface area contributed by atoms with E-state index in [-0.39, 0.29) is 13.2 Å². The SMILES string of the molecule is CCOC(=O)c1ccnn1CC(c1cccc(Br)c1)C(N)C(=O)OC(C)(C)C. The van der Waals surface area contributed by atoms with Crippen LogP contribution in [0.3, 0.4) is 0 Å². The van der Waals surface area contributed by atoms with Gasteiger partial charge < -0.3 is 15.2 Å². The molecule has 2 atom stereocenters. The topological polar surface area (TPSA) is 96.4 Å². The van der Waals surface area contributed by atoms with E-state index in [1.807, 2.05) is 24.3 Å². The normalized spacial score (nSPS) is 13.6. The Morgan fingerprint density at radius 1 is 1.29 bits per heavy atom. The molecule has 1 aromatic carbocycles. The predicted octanol–water partition coefficient (Wildman–Crippen LogP) is 3.28. The van der Waals surface area contributed by atoms with Crippen LogP contribution < -0.4 is 5.73 Å². The highest BCUT2D eigenvalue weighted by Crippen LogP contribution is 2.26. The highest BCUT2D eigenvalue weighted by molar-refractivity contribution is 9.10. The van der Waals surface area contributed by atoms with E-state index in [9.17, 15) is 9.59 Å². The Morgan fingerprint density at radius 3 is 2.61 bits per heavy atom. The first kappa shape index (κ1) is 22.1. The molecule has 7 nitrogen and oxygen atoms in total. The van der Waals surface area contributed by atoms with Crippen LogP contribution in [0.1, 0.15) is 49.7 Å². The average molecular weight is 452 g/mol. The Bertz CT molecular complexity index is 829. The van der Waals surface area contributed by atoms with Crippen LogP contribution in [0, 0.1) is 0 Å². The zero-order chi connectivity index (χ0) is 20.9. The summed E-state index contributed by atoms with van der Waals surface area (Å²) in [5, 5.41) is 4.22. The van der Waals surface area contributed by atoms with Gasteiger partial charge in [-0.25, -0.2) is 4.79 Å². The number of nitrogens with zero attached hydrogens (tertiary/aromatic N) is 2. The first-order valence-corrected chi connectivity index (χ1v) is 9.84. The van der Waals surface area contributed by atoms with Gasteiger partial charge in [0.2, 0.25) is 0 Å². The largest absolute Gasteiger partial charge is 0.461 e. The van der Waals surface area contributed by atoms with Crippen LogP contribution in [0.15, 0.2) is 41.0 Å². The van der Waals surface area contributed by atoms with Gasteiger partial charge in [0.25, 0.3) is 0 Å². The smallest absolute Gasteiger partial charge is 0.356 e. The molecule has 0 saturated carbocycles. The summed E-state index contributed by atoms with van der Waals surface area (Å²) in [6.07, 6.45) is 1.52. The predicted molar refractivity (Wildman–Crippen MR) is 109 cm³/mol. The molecule has 8 heteroatoms. The number of benzene rings is 1. The molecule has 0 aliphatic heterocycles. The van der Waals surface area contributed by atoms with Gasteiger partial charge in [-0.1, -0.05) is 28.1 Å². The van der Waals surface area contributed by atoms with Gasteiger partial charge in [-0.3, -0.25) is 9.48 Å². The minimum Gasteiger partial charge on any atom is -0.461 e. The molecule has 2 unspecified atom stereocenters. The van der Waals surface area contributed by atoms with Gasteiger partial charge in [0.05, 0.1) is 13.2 Å². The Balaban J connectivity index is 2.36. The third-order valence-corrected chi connectivity index (χ3v) is 4.45. The monoisotopic (exact) mass is 451 g/mol. The van der Waals surface area contributed by atoms with Gasteiger partial charge in [0.1, 0.15) is 17.3 Å². The summed E-state index contributed by atoms with van der Waals surface area (Å²) in [7, 11) is 0. The maximum Gasteiger partial charge on any atom is 0.356 e. The van der Waals surface area contributed by atoms with Crippen molar-refractivity contribution in [3.63, 3.8) is 0 Å². The van der Waals surface area contributed by atoms with Crippen molar-refractivity contribution < 1.29 is 19.1 Å². The van der Waals surface area contributed by atoms with Crippen molar-refractivity contribution in [2.75, 3.05) is 6.61 Å². The molecule has 0 aliphatic carbocycles. The summed E-state index contributed by atoms with van der Waals surface area (Å²) in [6.45, 7) is 7.59. The molecule has 0 amide bonds. The number of carbonyl (C=O) groups excluding carboxylic acids is 2. The van der Waals surface area contributed by atoms with Gasteiger partial charge in [-0.05, 0) is 51.5 Å². The molecule has 2 rings (SSSR count). The van der Waals surface area contributed by atoms with Crippen molar-refractivity contribution in [2.24, 2.45) is 5.73 Å². The van der Waals surface area contributed by atoms with E-state index >= 15 is 0 Å². The number of rotatable bonds is 7. The van der Waals surface area contributed by atoms with Crippen LogP contribution in [0.2, 0.25) is 0 Å². The fourth-order valence-corrected chi connectivity index (χ4v) is 3.16. The minimum absolute atomic E-state index is 0.220. The number of carbonyl (C=O) groups is 2. The fourth-order valence-electron chi connectivity index (χ4n) is 2.74. The van der Waals surface area contributed by atoms with E-state index in [2.05, 4.69) is 21.0 Å². The second-order valence-corrected chi connectivity index (χ2v) is 8.26. The number of hydrogen-bond donors (Lipinski definition) is 1. The second-order valence-electron chi connectivity index (χ2n) is 7.34. The number of halogens is 1. The highest BCUT2D eigenvalue weighted by atomic mass is 79.9. The Kier molecular flexibility index (Phi) is 7.37. The van der Waals surface area contributed by atoms with Crippen molar-refractivity contribution in [2.45, 2.75) is 51.8 Å². The number of aromatic nitrogens is 2. The fraction of sp³-hybridized carbons (Fsp3) is 0.450. The molecule has 0 saturated heterocycles. The van der Waals surface area contributed by atoms with Crippen molar-refractivity contribution in [1.29, 1.82) is 0 Å². The van der Waals surface area contributed by atoms with Gasteiger partial charge in [-0.15, -0.1) is 0 Å². The number of hydrogen-bond acceptors (Lipinski definition) is 6. The molecule has 1 heterocycles. The molecule has 2 aromatic rings.